The largest absolute Gasteiger partial charge is 0.490 e. The molecular formula is C58H61N9O6S. The zero-order chi connectivity index (χ0) is 50.6. The van der Waals surface area contributed by atoms with E-state index >= 15 is 0 Å². The second-order valence-electron chi connectivity index (χ2n) is 21.1. The van der Waals surface area contributed by atoms with Crippen LogP contribution in [0.4, 0.5) is 16.6 Å². The number of anilines is 3. The number of piperazine rings is 1. The molecule has 2 saturated carbocycles. The topological polar surface area (TPSA) is 175 Å². The maximum absolute atomic E-state index is 13.6. The highest BCUT2D eigenvalue weighted by Gasteiger charge is 2.41. The van der Waals surface area contributed by atoms with Gasteiger partial charge in [0.25, 0.3) is 5.91 Å². The molecule has 3 aliphatic heterocycles. The fraction of sp³-hybridized carbons (Fsp3) is 0.397. The zero-order valence-electron chi connectivity index (χ0n) is 41.9. The van der Waals surface area contributed by atoms with E-state index in [0.717, 1.165) is 117 Å². The molecule has 3 aromatic heterocycles. The third kappa shape index (κ3) is 9.61. The number of carboxylic acid groups (broad SMARTS) is 1. The highest BCUT2D eigenvalue weighted by Crippen LogP contribution is 2.47. The van der Waals surface area contributed by atoms with Crippen LogP contribution in [-0.4, -0.2) is 98.8 Å². The lowest BCUT2D eigenvalue weighted by Gasteiger charge is -2.36. The van der Waals surface area contributed by atoms with Crippen LogP contribution in [0.25, 0.3) is 32.2 Å². The SMILES string of the molecule is Cc1cc(OC2CCC(CC3CC3CN3CCN(c4cccc5c(C6CCC(=O)NC6=O)nn(C)c45)CC3)CC2)ccc1-c1ccc(N2CCc3cccc(C(=O)Nc4nc5ccccc5s4)c3C2)nc1C(=O)O. The molecule has 2 saturated heterocycles. The molecule has 12 rings (SSSR count). The molecule has 6 heterocycles. The number of nitrogens with one attached hydrogen (secondary N) is 2. The molecule has 74 heavy (non-hydrogen) atoms. The van der Waals surface area contributed by atoms with Crippen molar-refractivity contribution in [2.45, 2.75) is 83.3 Å². The summed E-state index contributed by atoms with van der Waals surface area (Å²) in [6, 6.07) is 29.6. The summed E-state index contributed by atoms with van der Waals surface area (Å²) in [7, 11) is 1.95. The molecule has 4 aromatic carbocycles. The summed E-state index contributed by atoms with van der Waals surface area (Å²) >= 11 is 1.44. The number of thiazole rings is 1. The van der Waals surface area contributed by atoms with Crippen LogP contribution in [0.3, 0.4) is 0 Å². The number of amides is 3. The van der Waals surface area contributed by atoms with Gasteiger partial charge in [-0.15, -0.1) is 0 Å². The second-order valence-corrected chi connectivity index (χ2v) is 22.2. The number of para-hydroxylation sites is 2. The first-order valence-corrected chi connectivity index (χ1v) is 27.1. The van der Waals surface area contributed by atoms with Gasteiger partial charge in [0, 0.05) is 75.8 Å². The summed E-state index contributed by atoms with van der Waals surface area (Å²) < 4.78 is 9.50. The van der Waals surface area contributed by atoms with Gasteiger partial charge in [0.2, 0.25) is 11.8 Å². The van der Waals surface area contributed by atoms with Crippen molar-refractivity contribution in [1.82, 2.24) is 30.0 Å². The van der Waals surface area contributed by atoms with Gasteiger partial charge in [-0.3, -0.25) is 34.6 Å². The van der Waals surface area contributed by atoms with Crippen molar-refractivity contribution in [1.29, 1.82) is 0 Å². The van der Waals surface area contributed by atoms with Gasteiger partial charge < -0.3 is 19.6 Å². The van der Waals surface area contributed by atoms with E-state index in [1.807, 2.05) is 85.4 Å². The summed E-state index contributed by atoms with van der Waals surface area (Å²) in [4.78, 5) is 67.5. The van der Waals surface area contributed by atoms with Gasteiger partial charge in [0.05, 0.1) is 39.1 Å². The number of aryl methyl sites for hydroxylation is 2. The van der Waals surface area contributed by atoms with Crippen LogP contribution in [-0.2, 0) is 29.6 Å². The molecule has 7 aromatic rings. The number of carboxylic acids is 1. The van der Waals surface area contributed by atoms with Crippen LogP contribution in [0.15, 0.2) is 91.0 Å². The summed E-state index contributed by atoms with van der Waals surface area (Å²) in [5.74, 6) is 1.48. The van der Waals surface area contributed by atoms with E-state index in [4.69, 9.17) is 14.8 Å². The van der Waals surface area contributed by atoms with Crippen molar-refractivity contribution in [2.75, 3.05) is 54.4 Å². The Morgan fingerprint density at radius 2 is 1.65 bits per heavy atom. The number of ether oxygens (including phenoxy) is 1. The van der Waals surface area contributed by atoms with Crippen LogP contribution in [0, 0.1) is 24.7 Å². The minimum absolute atomic E-state index is 0.00909. The number of carbonyl (C=O) groups is 4. The molecule has 15 nitrogen and oxygen atoms in total. The number of aromatic nitrogens is 4. The molecule has 0 bridgehead atoms. The lowest BCUT2D eigenvalue weighted by atomic mass is 9.83. The van der Waals surface area contributed by atoms with Gasteiger partial charge in [-0.1, -0.05) is 53.8 Å². The Kier molecular flexibility index (Phi) is 12.9. The number of fused-ring (bicyclic) bond motifs is 3. The molecule has 2 aliphatic carbocycles. The van der Waals surface area contributed by atoms with Gasteiger partial charge in [-0.2, -0.15) is 5.10 Å². The van der Waals surface area contributed by atoms with Crippen molar-refractivity contribution in [3.05, 3.63) is 125 Å². The third-order valence-corrected chi connectivity index (χ3v) is 17.3. The quantitative estimate of drug-likeness (QED) is 0.0936. The van der Waals surface area contributed by atoms with Crippen molar-refractivity contribution in [3.63, 3.8) is 0 Å². The minimum atomic E-state index is -1.09. The number of hydrogen-bond donors (Lipinski definition) is 3. The number of nitrogens with zero attached hydrogens (tertiary/aromatic N) is 7. The normalized spacial score (nSPS) is 22.2. The first-order chi connectivity index (χ1) is 36.0. The van der Waals surface area contributed by atoms with Crippen molar-refractivity contribution in [2.24, 2.45) is 24.8 Å². The van der Waals surface area contributed by atoms with E-state index in [0.29, 0.717) is 54.4 Å². The molecule has 16 heteroatoms. The Hall–Kier alpha value is -7.17. The Bertz CT molecular complexity index is 3300. The van der Waals surface area contributed by atoms with Crippen molar-refractivity contribution >= 4 is 72.8 Å². The number of carbonyl (C=O) groups excluding carboxylic acids is 3. The molecular weight excluding hydrogens is 951 g/mol. The van der Waals surface area contributed by atoms with Gasteiger partial charge in [-0.05, 0) is 147 Å². The number of hydrogen-bond acceptors (Lipinski definition) is 12. The van der Waals surface area contributed by atoms with Crippen molar-refractivity contribution in [3.8, 4) is 16.9 Å². The molecule has 0 radical (unpaired) electrons. The Labute approximate surface area is 433 Å². The number of rotatable bonds is 13. The standard InChI is InChI=1S/C58H61N9O6S/c1-34-29-40(17-18-41(34)42-19-21-50(60-53(42)57(71)72)67-24-23-36-7-5-8-43(46(36)33-67)55(69)62-58-59-47-10-3-4-12-49(47)74-58)73-39-15-13-35(14-16-39)30-37-31-38(37)32-65-25-27-66(28-26-65)48-11-6-9-44-52(63-64(2)54(44)48)45-20-22-51(68)61-56(45)70/h3-12,17-19,21,29,35,37-39,45H,13-16,20,22-28,30-33H2,1-2H3,(H,71,72)(H,59,62,69)(H,61,68,70). The number of pyridine rings is 1. The number of benzene rings is 4. The van der Waals surface area contributed by atoms with Gasteiger partial charge in [0.15, 0.2) is 10.8 Å². The smallest absolute Gasteiger partial charge is 0.355 e. The Balaban J connectivity index is 0.615. The molecule has 5 aliphatic rings. The van der Waals surface area contributed by atoms with Crippen LogP contribution >= 0.6 is 11.3 Å². The van der Waals surface area contributed by atoms with Gasteiger partial charge >= 0.3 is 5.97 Å². The molecule has 3 amide bonds. The van der Waals surface area contributed by atoms with Gasteiger partial charge in [0.1, 0.15) is 11.6 Å². The molecule has 0 spiro atoms. The summed E-state index contributed by atoms with van der Waals surface area (Å²) in [6.07, 6.45) is 8.73. The molecule has 3 N–H and O–H groups in total. The lowest BCUT2D eigenvalue weighted by Crippen LogP contribution is -2.47. The van der Waals surface area contributed by atoms with Gasteiger partial charge in [-0.25, -0.2) is 14.8 Å². The highest BCUT2D eigenvalue weighted by atomic mass is 32.1. The van der Waals surface area contributed by atoms with E-state index < -0.39 is 11.9 Å². The monoisotopic (exact) mass is 1010 g/mol. The fourth-order valence-electron chi connectivity index (χ4n) is 12.3. The predicted octanol–water partition coefficient (Wildman–Crippen LogP) is 9.37. The van der Waals surface area contributed by atoms with Crippen LogP contribution < -0.4 is 25.2 Å². The lowest BCUT2D eigenvalue weighted by molar-refractivity contribution is -0.134. The number of piperidine rings is 1. The number of aromatic carboxylic acids is 1. The zero-order valence-corrected chi connectivity index (χ0v) is 42.7. The maximum Gasteiger partial charge on any atom is 0.355 e. The molecule has 4 fully saturated rings. The third-order valence-electron chi connectivity index (χ3n) is 16.4. The van der Waals surface area contributed by atoms with Crippen LogP contribution in [0.5, 0.6) is 5.75 Å². The highest BCUT2D eigenvalue weighted by molar-refractivity contribution is 7.22. The summed E-state index contributed by atoms with van der Waals surface area (Å²) in [5.41, 5.74) is 8.65. The maximum atomic E-state index is 13.6. The van der Waals surface area contributed by atoms with E-state index in [1.54, 1.807) is 0 Å². The van der Waals surface area contributed by atoms with Crippen LogP contribution in [0.2, 0.25) is 0 Å². The summed E-state index contributed by atoms with van der Waals surface area (Å²) in [6.45, 7) is 8.17. The number of imide groups is 1. The van der Waals surface area contributed by atoms with Crippen molar-refractivity contribution < 1.29 is 29.0 Å². The average molecular weight is 1010 g/mol. The Morgan fingerprint density at radius 1 is 0.838 bits per heavy atom. The molecule has 3 unspecified atom stereocenters. The average Bonchev–Trinajstić information content (AvgIpc) is 3.84. The fourth-order valence-corrected chi connectivity index (χ4v) is 13.2. The van der Waals surface area contributed by atoms with E-state index in [1.165, 1.54) is 43.6 Å². The Morgan fingerprint density at radius 3 is 2.45 bits per heavy atom. The van der Waals surface area contributed by atoms with E-state index in [2.05, 4.69) is 54.6 Å². The van der Waals surface area contributed by atoms with E-state index in [-0.39, 0.29) is 29.5 Å². The minimum Gasteiger partial charge on any atom is -0.490 e. The first kappa shape index (κ1) is 47.8. The molecule has 3 atom stereocenters. The van der Waals surface area contributed by atoms with E-state index in [9.17, 15) is 24.3 Å². The molecule has 380 valence electrons. The second kappa shape index (κ2) is 19.9. The first-order valence-electron chi connectivity index (χ1n) is 26.3. The van der Waals surface area contributed by atoms with Crippen LogP contribution in [0.1, 0.15) is 101 Å². The predicted molar refractivity (Wildman–Crippen MR) is 287 cm³/mol. The summed E-state index contributed by atoms with van der Waals surface area (Å²) in [5, 5.41) is 22.3.